The van der Waals surface area contributed by atoms with Gasteiger partial charge in [-0.3, -0.25) is 0 Å². The van der Waals surface area contributed by atoms with Crippen molar-refractivity contribution >= 4 is 22.1 Å². The molecule has 6 heteroatoms. The number of fused-ring (bicyclic) bond motifs is 2. The number of nitrogens with zero attached hydrogens (tertiary/aromatic N) is 2. The number of phenolic OH excluding ortho intramolecular Hbond substituents is 2. The number of aromatic nitrogens is 4. The SMILES string of the molecule is Oc1c(-c2nc3ccccc3[nH]2)cc(O)c2[nH]cnc12. The number of hydrogen-bond acceptors (Lipinski definition) is 4. The van der Waals surface area contributed by atoms with E-state index >= 15 is 0 Å². The summed E-state index contributed by atoms with van der Waals surface area (Å²) in [5, 5.41) is 20.3. The molecule has 2 aromatic heterocycles. The number of rotatable bonds is 1. The van der Waals surface area contributed by atoms with Crippen LogP contribution >= 0.6 is 0 Å². The largest absolute Gasteiger partial charge is 0.506 e. The lowest BCUT2D eigenvalue weighted by Crippen LogP contribution is -1.84. The third kappa shape index (κ3) is 1.38. The molecule has 0 saturated carbocycles. The number of imidazole rings is 2. The Bertz CT molecular complexity index is 906. The molecule has 0 aliphatic rings. The lowest BCUT2D eigenvalue weighted by Gasteiger charge is -2.03. The first-order chi connectivity index (χ1) is 9.74. The van der Waals surface area contributed by atoms with E-state index in [4.69, 9.17) is 0 Å². The first-order valence-electron chi connectivity index (χ1n) is 6.07. The van der Waals surface area contributed by atoms with Gasteiger partial charge in [-0.1, -0.05) is 12.1 Å². The first kappa shape index (κ1) is 10.9. The molecule has 20 heavy (non-hydrogen) atoms. The monoisotopic (exact) mass is 266 g/mol. The Labute approximate surface area is 112 Å². The van der Waals surface area contributed by atoms with E-state index in [9.17, 15) is 10.2 Å². The van der Waals surface area contributed by atoms with E-state index in [0.717, 1.165) is 11.0 Å². The van der Waals surface area contributed by atoms with E-state index in [2.05, 4.69) is 19.9 Å². The summed E-state index contributed by atoms with van der Waals surface area (Å²) in [4.78, 5) is 14.3. The molecule has 0 unspecified atom stereocenters. The predicted octanol–water partition coefficient (Wildman–Crippen LogP) is 2.52. The van der Waals surface area contributed by atoms with Crippen LogP contribution in [0.25, 0.3) is 33.5 Å². The number of aromatic hydroxyl groups is 2. The molecular formula is C14H10N4O2. The van der Waals surface area contributed by atoms with E-state index in [0.29, 0.717) is 22.4 Å². The van der Waals surface area contributed by atoms with Gasteiger partial charge in [0.05, 0.1) is 22.9 Å². The molecule has 6 nitrogen and oxygen atoms in total. The highest BCUT2D eigenvalue weighted by Gasteiger charge is 2.17. The van der Waals surface area contributed by atoms with Gasteiger partial charge in [-0.15, -0.1) is 0 Å². The van der Waals surface area contributed by atoms with Gasteiger partial charge in [0.15, 0.2) is 5.75 Å². The molecule has 2 heterocycles. The minimum absolute atomic E-state index is 0.0156. The molecule has 98 valence electrons. The highest BCUT2D eigenvalue weighted by atomic mass is 16.3. The van der Waals surface area contributed by atoms with Crippen molar-refractivity contribution in [2.24, 2.45) is 0 Å². The van der Waals surface area contributed by atoms with Crippen LogP contribution < -0.4 is 0 Å². The molecule has 4 rings (SSSR count). The highest BCUT2D eigenvalue weighted by Crippen LogP contribution is 2.38. The zero-order valence-electron chi connectivity index (χ0n) is 10.3. The maximum Gasteiger partial charge on any atom is 0.154 e. The molecule has 4 aromatic rings. The van der Waals surface area contributed by atoms with E-state index in [-0.39, 0.29) is 11.5 Å². The van der Waals surface area contributed by atoms with Gasteiger partial charge in [-0.2, -0.15) is 0 Å². The Hall–Kier alpha value is -3.02. The molecule has 0 saturated heterocycles. The highest BCUT2D eigenvalue weighted by molar-refractivity contribution is 5.94. The van der Waals surface area contributed by atoms with Crippen LogP contribution in [0.1, 0.15) is 0 Å². The normalized spacial score (nSPS) is 11.4. The second-order valence-electron chi connectivity index (χ2n) is 4.52. The quantitative estimate of drug-likeness (QED) is 0.398. The van der Waals surface area contributed by atoms with Crippen LogP contribution in [-0.2, 0) is 0 Å². The van der Waals surface area contributed by atoms with Crippen molar-refractivity contribution in [2.45, 2.75) is 0 Å². The minimum Gasteiger partial charge on any atom is -0.506 e. The summed E-state index contributed by atoms with van der Waals surface area (Å²) in [7, 11) is 0. The average Bonchev–Trinajstić information content (AvgIpc) is 3.08. The molecule has 0 spiro atoms. The van der Waals surface area contributed by atoms with E-state index in [1.165, 1.54) is 12.4 Å². The second-order valence-corrected chi connectivity index (χ2v) is 4.52. The Kier molecular flexibility index (Phi) is 2.03. The third-order valence-corrected chi connectivity index (χ3v) is 3.30. The lowest BCUT2D eigenvalue weighted by molar-refractivity contribution is 0.469. The Morgan fingerprint density at radius 2 is 1.95 bits per heavy atom. The van der Waals surface area contributed by atoms with Crippen LogP contribution in [0.4, 0.5) is 0 Å². The number of nitrogens with one attached hydrogen (secondary N) is 2. The van der Waals surface area contributed by atoms with Crippen LogP contribution in [0.3, 0.4) is 0 Å². The molecule has 2 aromatic carbocycles. The molecule has 0 bridgehead atoms. The van der Waals surface area contributed by atoms with Crippen LogP contribution in [0.5, 0.6) is 11.5 Å². The number of aromatic amines is 2. The smallest absolute Gasteiger partial charge is 0.154 e. The maximum atomic E-state index is 10.3. The van der Waals surface area contributed by atoms with Gasteiger partial charge >= 0.3 is 0 Å². The summed E-state index contributed by atoms with van der Waals surface area (Å²) in [5.74, 6) is 0.493. The van der Waals surface area contributed by atoms with Crippen molar-refractivity contribution in [3.05, 3.63) is 36.7 Å². The Balaban J connectivity index is 2.03. The van der Waals surface area contributed by atoms with Crippen molar-refractivity contribution in [2.75, 3.05) is 0 Å². The molecule has 0 aliphatic carbocycles. The number of H-pyrrole nitrogens is 2. The number of hydrogen-bond donors (Lipinski definition) is 4. The lowest BCUT2D eigenvalue weighted by atomic mass is 10.1. The van der Waals surface area contributed by atoms with Gasteiger partial charge in [-0.25, -0.2) is 9.97 Å². The molecule has 0 fully saturated rings. The molecule has 0 amide bonds. The molecule has 4 N–H and O–H groups in total. The van der Waals surface area contributed by atoms with Crippen LogP contribution in [-0.4, -0.2) is 30.1 Å². The fourth-order valence-electron chi connectivity index (χ4n) is 2.33. The average molecular weight is 266 g/mol. The summed E-state index contributed by atoms with van der Waals surface area (Å²) in [6.07, 6.45) is 1.42. The van der Waals surface area contributed by atoms with Crippen molar-refractivity contribution in [3.8, 4) is 22.9 Å². The molecular weight excluding hydrogens is 256 g/mol. The fraction of sp³-hybridized carbons (Fsp3) is 0. The van der Waals surface area contributed by atoms with Gasteiger partial charge in [-0.05, 0) is 18.2 Å². The van der Waals surface area contributed by atoms with Crippen molar-refractivity contribution in [3.63, 3.8) is 0 Å². The van der Waals surface area contributed by atoms with Crippen molar-refractivity contribution in [1.29, 1.82) is 0 Å². The summed E-state index contributed by atoms with van der Waals surface area (Å²) >= 11 is 0. The standard InChI is InChI=1S/C14H10N4O2/c19-10-5-7(13(20)12-11(10)15-6-16-12)14-17-8-3-1-2-4-9(8)18-14/h1-6,19-20H,(H,15,16)(H,17,18). The predicted molar refractivity (Wildman–Crippen MR) is 74.5 cm³/mol. The summed E-state index contributed by atoms with van der Waals surface area (Å²) < 4.78 is 0. The van der Waals surface area contributed by atoms with Crippen LogP contribution in [0, 0.1) is 0 Å². The van der Waals surface area contributed by atoms with Crippen LogP contribution in [0.2, 0.25) is 0 Å². The fourth-order valence-corrected chi connectivity index (χ4v) is 2.33. The Morgan fingerprint density at radius 1 is 1.10 bits per heavy atom. The number of benzene rings is 2. The van der Waals surface area contributed by atoms with E-state index < -0.39 is 0 Å². The number of phenols is 2. The van der Waals surface area contributed by atoms with E-state index in [1.54, 1.807) is 0 Å². The van der Waals surface area contributed by atoms with Crippen LogP contribution in [0.15, 0.2) is 36.7 Å². The molecule has 0 radical (unpaired) electrons. The van der Waals surface area contributed by atoms with Crippen molar-refractivity contribution < 1.29 is 10.2 Å². The topological polar surface area (TPSA) is 97.8 Å². The second kappa shape index (κ2) is 3.74. The van der Waals surface area contributed by atoms with Gasteiger partial charge in [0.2, 0.25) is 0 Å². The maximum absolute atomic E-state index is 10.3. The third-order valence-electron chi connectivity index (χ3n) is 3.30. The zero-order chi connectivity index (χ0) is 13.7. The summed E-state index contributed by atoms with van der Waals surface area (Å²) in [5.41, 5.74) is 2.80. The molecule has 0 atom stereocenters. The zero-order valence-corrected chi connectivity index (χ0v) is 10.3. The minimum atomic E-state index is -0.0156. The van der Waals surface area contributed by atoms with Gasteiger partial charge < -0.3 is 20.2 Å². The van der Waals surface area contributed by atoms with Crippen molar-refractivity contribution in [1.82, 2.24) is 19.9 Å². The summed E-state index contributed by atoms with van der Waals surface area (Å²) in [6.45, 7) is 0. The van der Waals surface area contributed by atoms with E-state index in [1.807, 2.05) is 24.3 Å². The van der Waals surface area contributed by atoms with Gasteiger partial charge in [0.25, 0.3) is 0 Å². The first-order valence-corrected chi connectivity index (χ1v) is 6.07. The Morgan fingerprint density at radius 3 is 2.80 bits per heavy atom. The molecule has 0 aliphatic heterocycles. The van der Waals surface area contributed by atoms with Gasteiger partial charge in [0, 0.05) is 0 Å². The number of para-hydroxylation sites is 2. The summed E-state index contributed by atoms with van der Waals surface area (Å²) in [6, 6.07) is 9.03. The van der Waals surface area contributed by atoms with Gasteiger partial charge in [0.1, 0.15) is 22.6 Å².